The highest BCUT2D eigenvalue weighted by Crippen LogP contribution is 2.30. The molecular weight excluding hydrogens is 354 g/mol. The van der Waals surface area contributed by atoms with Gasteiger partial charge >= 0.3 is 0 Å². The molecule has 146 valence electrons. The molecule has 1 heterocycles. The van der Waals surface area contributed by atoms with E-state index in [1.165, 1.54) is 12.6 Å². The molecule has 0 atom stereocenters. The van der Waals surface area contributed by atoms with Crippen LogP contribution in [0.3, 0.4) is 0 Å². The third-order valence-corrected chi connectivity index (χ3v) is 4.80. The lowest BCUT2D eigenvalue weighted by Crippen LogP contribution is -2.22. The van der Waals surface area contributed by atoms with E-state index < -0.39 is 0 Å². The van der Waals surface area contributed by atoms with E-state index in [1.54, 1.807) is 7.11 Å². The van der Waals surface area contributed by atoms with Crippen molar-refractivity contribution in [3.05, 3.63) is 65.4 Å². The monoisotopic (exact) mass is 379 g/mol. The van der Waals surface area contributed by atoms with E-state index >= 15 is 0 Å². The van der Waals surface area contributed by atoms with Crippen LogP contribution in [0.15, 0.2) is 48.5 Å². The van der Waals surface area contributed by atoms with Crippen molar-refractivity contribution in [2.45, 2.75) is 26.7 Å². The molecule has 0 bridgehead atoms. The van der Waals surface area contributed by atoms with Crippen LogP contribution in [0.5, 0.6) is 5.75 Å². The van der Waals surface area contributed by atoms with Crippen LogP contribution in [0.4, 0.5) is 0 Å². The minimum Gasteiger partial charge on any atom is -0.497 e. The molecule has 28 heavy (non-hydrogen) atoms. The zero-order chi connectivity index (χ0) is 20.3. The number of carbonyl (C=O) groups excluding carboxylic acids is 1. The first-order chi connectivity index (χ1) is 13.4. The number of ether oxygens (including phenoxy) is 1. The second-order valence-electron chi connectivity index (χ2n) is 6.81. The first kappa shape index (κ1) is 19.6. The van der Waals surface area contributed by atoms with Gasteiger partial charge in [-0.2, -0.15) is 5.10 Å². The van der Waals surface area contributed by atoms with Crippen LogP contribution in [-0.2, 0) is 11.2 Å². The van der Waals surface area contributed by atoms with Crippen LogP contribution in [0.25, 0.3) is 16.9 Å². The number of carbonyl (C=O) groups is 1. The van der Waals surface area contributed by atoms with Crippen molar-refractivity contribution in [1.29, 1.82) is 0 Å². The predicted molar refractivity (Wildman–Crippen MR) is 108 cm³/mol. The van der Waals surface area contributed by atoms with Gasteiger partial charge in [-0.05, 0) is 43.7 Å². The molecule has 1 N–H and O–H groups in total. The molecule has 0 radical (unpaired) electrons. The number of hydrogen-bond acceptors (Lipinski definition) is 4. The van der Waals surface area contributed by atoms with Crippen molar-refractivity contribution in [3.8, 4) is 22.7 Å². The minimum atomic E-state index is -0.338. The molecule has 0 unspecified atom stereocenters. The Hall–Kier alpha value is -3.12. The van der Waals surface area contributed by atoms with Gasteiger partial charge in [-0.25, -0.2) is 9.75 Å². The van der Waals surface area contributed by atoms with Gasteiger partial charge in [0.2, 0.25) is 5.91 Å². The molecule has 0 spiro atoms. The summed E-state index contributed by atoms with van der Waals surface area (Å²) < 4.78 is 7.16. The first-order valence-corrected chi connectivity index (χ1v) is 9.16. The second kappa shape index (κ2) is 8.27. The Labute approximate surface area is 164 Å². The van der Waals surface area contributed by atoms with E-state index in [4.69, 9.17) is 9.84 Å². The highest BCUT2D eigenvalue weighted by molar-refractivity contribution is 5.75. The molecule has 6 nitrogen and oxygen atoms in total. The lowest BCUT2D eigenvalue weighted by molar-refractivity contribution is -0.159. The van der Waals surface area contributed by atoms with E-state index in [9.17, 15) is 10.0 Å². The summed E-state index contributed by atoms with van der Waals surface area (Å²) in [5.74, 6) is 0.441. The SMILES string of the molecule is COc1ccc(-n2nc(CCC(=O)N(C)O)c(C)c2-c2ccc(C)cc2)cc1. The maximum absolute atomic E-state index is 11.8. The highest BCUT2D eigenvalue weighted by Gasteiger charge is 2.18. The number of rotatable bonds is 6. The van der Waals surface area contributed by atoms with Gasteiger partial charge in [0, 0.05) is 25.5 Å². The molecule has 0 aliphatic heterocycles. The van der Waals surface area contributed by atoms with Gasteiger partial charge in [-0.1, -0.05) is 29.8 Å². The van der Waals surface area contributed by atoms with E-state index in [0.717, 1.165) is 34.0 Å². The van der Waals surface area contributed by atoms with Gasteiger partial charge in [0.1, 0.15) is 5.75 Å². The smallest absolute Gasteiger partial charge is 0.246 e. The van der Waals surface area contributed by atoms with Gasteiger partial charge in [0.25, 0.3) is 0 Å². The normalized spacial score (nSPS) is 10.8. The maximum atomic E-state index is 11.8. The Morgan fingerprint density at radius 1 is 1.11 bits per heavy atom. The number of benzene rings is 2. The molecule has 0 saturated carbocycles. The Morgan fingerprint density at radius 2 is 1.75 bits per heavy atom. The molecule has 6 heteroatoms. The number of aryl methyl sites for hydroxylation is 2. The van der Waals surface area contributed by atoms with Gasteiger partial charge < -0.3 is 4.74 Å². The van der Waals surface area contributed by atoms with Crippen molar-refractivity contribution in [2.24, 2.45) is 0 Å². The Kier molecular flexibility index (Phi) is 5.80. The van der Waals surface area contributed by atoms with Gasteiger partial charge in [0.15, 0.2) is 0 Å². The standard InChI is InChI=1S/C22H25N3O3/c1-15-5-7-17(8-6-15)22-16(2)20(13-14-21(26)24(3)27)23-25(22)18-9-11-19(28-4)12-10-18/h5-12,27H,13-14H2,1-4H3. The zero-order valence-corrected chi connectivity index (χ0v) is 16.6. The molecule has 1 aromatic heterocycles. The van der Waals surface area contributed by atoms with Crippen molar-refractivity contribution < 1.29 is 14.7 Å². The van der Waals surface area contributed by atoms with Crippen LogP contribution >= 0.6 is 0 Å². The summed E-state index contributed by atoms with van der Waals surface area (Å²) in [6.07, 6.45) is 0.651. The third kappa shape index (κ3) is 4.07. The summed E-state index contributed by atoms with van der Waals surface area (Å²) in [5.41, 5.74) is 6.01. The summed E-state index contributed by atoms with van der Waals surface area (Å²) >= 11 is 0. The van der Waals surface area contributed by atoms with E-state index in [-0.39, 0.29) is 12.3 Å². The fourth-order valence-corrected chi connectivity index (χ4v) is 3.13. The van der Waals surface area contributed by atoms with Crippen LogP contribution in [0.1, 0.15) is 23.2 Å². The first-order valence-electron chi connectivity index (χ1n) is 9.16. The number of hydrogen-bond donors (Lipinski definition) is 1. The Bertz CT molecular complexity index is 958. The van der Waals surface area contributed by atoms with E-state index in [1.807, 2.05) is 35.9 Å². The van der Waals surface area contributed by atoms with Crippen molar-refractivity contribution in [3.63, 3.8) is 0 Å². The quantitative estimate of drug-likeness (QED) is 0.520. The average molecular weight is 379 g/mol. The highest BCUT2D eigenvalue weighted by atomic mass is 16.5. The third-order valence-electron chi connectivity index (χ3n) is 4.80. The predicted octanol–water partition coefficient (Wildman–Crippen LogP) is 3.94. The fourth-order valence-electron chi connectivity index (χ4n) is 3.13. The topological polar surface area (TPSA) is 67.6 Å². The van der Waals surface area contributed by atoms with E-state index in [2.05, 4.69) is 31.2 Å². The number of methoxy groups -OCH3 is 1. The summed E-state index contributed by atoms with van der Waals surface area (Å²) in [7, 11) is 2.97. The maximum Gasteiger partial charge on any atom is 0.246 e. The number of nitrogens with zero attached hydrogens (tertiary/aromatic N) is 3. The van der Waals surface area contributed by atoms with Crippen LogP contribution in [0, 0.1) is 13.8 Å². The van der Waals surface area contributed by atoms with Gasteiger partial charge in [0.05, 0.1) is 24.2 Å². The van der Waals surface area contributed by atoms with Gasteiger partial charge in [-0.3, -0.25) is 10.0 Å². The zero-order valence-electron chi connectivity index (χ0n) is 16.6. The summed E-state index contributed by atoms with van der Waals surface area (Å²) in [6, 6.07) is 16.0. The van der Waals surface area contributed by atoms with Crippen LogP contribution in [-0.4, -0.2) is 40.1 Å². The minimum absolute atomic E-state index is 0.195. The lowest BCUT2D eigenvalue weighted by Gasteiger charge is -2.10. The van der Waals surface area contributed by atoms with Gasteiger partial charge in [-0.15, -0.1) is 0 Å². The molecule has 3 aromatic rings. The Morgan fingerprint density at radius 3 is 2.32 bits per heavy atom. The molecule has 1 amide bonds. The van der Waals surface area contributed by atoms with Crippen LogP contribution in [0.2, 0.25) is 0 Å². The second-order valence-corrected chi connectivity index (χ2v) is 6.81. The molecular formula is C22H25N3O3. The molecule has 3 rings (SSSR count). The van der Waals surface area contributed by atoms with Crippen molar-refractivity contribution >= 4 is 5.91 Å². The molecule has 2 aromatic carbocycles. The van der Waals surface area contributed by atoms with E-state index in [0.29, 0.717) is 11.5 Å². The summed E-state index contributed by atoms with van der Waals surface area (Å²) in [4.78, 5) is 11.8. The van der Waals surface area contributed by atoms with Crippen molar-refractivity contribution in [1.82, 2.24) is 14.8 Å². The molecule has 0 aliphatic carbocycles. The molecule has 0 aliphatic rings. The van der Waals surface area contributed by atoms with Crippen molar-refractivity contribution in [2.75, 3.05) is 14.2 Å². The van der Waals surface area contributed by atoms with Crippen LogP contribution < -0.4 is 4.74 Å². The largest absolute Gasteiger partial charge is 0.497 e. The summed E-state index contributed by atoms with van der Waals surface area (Å²) in [6.45, 7) is 4.07. The average Bonchev–Trinajstić information content (AvgIpc) is 3.03. The number of hydroxylamine groups is 2. The molecule has 0 saturated heterocycles. The molecule has 0 fully saturated rings. The lowest BCUT2D eigenvalue weighted by atomic mass is 10.0. The number of aromatic nitrogens is 2. The summed E-state index contributed by atoms with van der Waals surface area (Å²) in [5, 5.41) is 14.7. The fraction of sp³-hybridized carbons (Fsp3) is 0.273. The Balaban J connectivity index is 2.06. The number of amides is 1.